The van der Waals surface area contributed by atoms with Gasteiger partial charge in [0.15, 0.2) is 5.13 Å². The number of carboxylic acid groups (broad SMARTS) is 1. The summed E-state index contributed by atoms with van der Waals surface area (Å²) >= 11 is 1.18. The summed E-state index contributed by atoms with van der Waals surface area (Å²) in [5.74, 6) is -1.42. The van der Waals surface area contributed by atoms with Crippen LogP contribution in [0, 0.1) is 5.92 Å². The third-order valence-corrected chi connectivity index (χ3v) is 10.9. The summed E-state index contributed by atoms with van der Waals surface area (Å²) in [6.07, 6.45) is 3.35. The van der Waals surface area contributed by atoms with E-state index in [4.69, 9.17) is 19.2 Å². The monoisotopic (exact) mass is 780 g/mol. The van der Waals surface area contributed by atoms with E-state index in [1.54, 1.807) is 50.4 Å². The standard InChI is InChI=1S/C38H48N6O10S/c1-37(2,3)54-36(50)41-25-12-10-8-6-7-9-11-21-18-38(21,33(47)48)43-31(45)29-16-23(19-44(29)32(25)46)53-30-17-27(28-20-55-34(40-28)42-35(49)52-5)39-26-15-22(51-4)13-14-24(26)30/h13-15,17,20-21,23,25,29H,6-12,16,18-19H2,1-5H3,(H,41,50)(H,43,45)(H,47,48)(H,40,42,49)/t21?,23-,25?,29?,38?/m1/s1. The van der Waals surface area contributed by atoms with Gasteiger partial charge in [-0.15, -0.1) is 11.3 Å². The van der Waals surface area contributed by atoms with Crippen LogP contribution in [0.5, 0.6) is 11.5 Å². The fraction of sp³-hybridized carbons (Fsp3) is 0.553. The predicted molar refractivity (Wildman–Crippen MR) is 202 cm³/mol. The quantitative estimate of drug-likeness (QED) is 0.235. The molecule has 3 fully saturated rings. The molecule has 55 heavy (non-hydrogen) atoms. The Morgan fingerprint density at radius 3 is 2.45 bits per heavy atom. The van der Waals surface area contributed by atoms with Crippen LogP contribution < -0.4 is 25.4 Å². The maximum Gasteiger partial charge on any atom is 0.413 e. The Kier molecular flexibility index (Phi) is 11.7. The van der Waals surface area contributed by atoms with Crippen molar-refractivity contribution in [3.05, 3.63) is 29.6 Å². The molecular formula is C38H48N6O10S. The molecule has 3 aliphatic rings. The number of aromatic nitrogens is 2. The van der Waals surface area contributed by atoms with Crippen LogP contribution in [0.4, 0.5) is 14.7 Å². The number of thiazole rings is 1. The summed E-state index contributed by atoms with van der Waals surface area (Å²) in [6, 6.07) is 4.92. The van der Waals surface area contributed by atoms with Gasteiger partial charge in [0.05, 0.1) is 32.0 Å². The van der Waals surface area contributed by atoms with E-state index < -0.39 is 59.3 Å². The number of methoxy groups -OCH3 is 2. The van der Waals surface area contributed by atoms with Gasteiger partial charge in [0.1, 0.15) is 46.5 Å². The minimum atomic E-state index is -1.40. The number of benzene rings is 1. The highest BCUT2D eigenvalue weighted by molar-refractivity contribution is 7.14. The van der Waals surface area contributed by atoms with Gasteiger partial charge in [0.25, 0.3) is 0 Å². The molecule has 5 atom stereocenters. The lowest BCUT2D eigenvalue weighted by atomic mass is 10.0. The van der Waals surface area contributed by atoms with Crippen LogP contribution >= 0.6 is 11.3 Å². The van der Waals surface area contributed by atoms with Gasteiger partial charge >= 0.3 is 18.2 Å². The normalized spacial score (nSPS) is 24.6. The fourth-order valence-electron chi connectivity index (χ4n) is 7.30. The SMILES string of the molecule is COC(=O)Nc1nc(-c2cc(O[C@@H]3CC4C(=O)NC5(C(=O)O)CC5CCCCCCCC(NC(=O)OC(C)(C)C)C(=O)N4C3)c3ccc(OC)cc3n2)cs1. The summed E-state index contributed by atoms with van der Waals surface area (Å²) in [4.78, 5) is 76.7. The lowest BCUT2D eigenvalue weighted by Gasteiger charge is -2.30. The highest BCUT2D eigenvalue weighted by Crippen LogP contribution is 2.47. The third kappa shape index (κ3) is 9.20. The molecule has 2 aliphatic heterocycles. The van der Waals surface area contributed by atoms with Crippen LogP contribution in [0.25, 0.3) is 22.3 Å². The summed E-state index contributed by atoms with van der Waals surface area (Å²) in [5, 5.41) is 21.0. The first-order chi connectivity index (χ1) is 26.2. The van der Waals surface area contributed by atoms with Crippen LogP contribution in [0.15, 0.2) is 29.6 Å². The van der Waals surface area contributed by atoms with Gasteiger partial charge in [-0.3, -0.25) is 14.9 Å². The number of nitrogens with zero attached hydrogens (tertiary/aromatic N) is 3. The zero-order chi connectivity index (χ0) is 39.5. The van der Waals surface area contributed by atoms with E-state index in [1.807, 2.05) is 0 Å². The van der Waals surface area contributed by atoms with Gasteiger partial charge in [-0.05, 0) is 58.1 Å². The maximum atomic E-state index is 14.5. The number of nitrogens with one attached hydrogen (secondary N) is 3. The topological polar surface area (TPSA) is 208 Å². The number of pyridine rings is 1. The molecule has 296 valence electrons. The second-order valence-electron chi connectivity index (χ2n) is 15.2. The van der Waals surface area contributed by atoms with Crippen LogP contribution in [-0.2, 0) is 23.9 Å². The lowest BCUT2D eigenvalue weighted by Crippen LogP contribution is -2.56. The summed E-state index contributed by atoms with van der Waals surface area (Å²) < 4.78 is 22.3. The van der Waals surface area contributed by atoms with Crippen LogP contribution in [0.2, 0.25) is 0 Å². The van der Waals surface area contributed by atoms with Gasteiger partial charge in [-0.25, -0.2) is 24.4 Å². The number of aliphatic carboxylic acids is 1. The van der Waals surface area contributed by atoms with E-state index in [0.717, 1.165) is 25.7 Å². The van der Waals surface area contributed by atoms with Gasteiger partial charge in [0, 0.05) is 29.3 Å². The van der Waals surface area contributed by atoms with Crippen molar-refractivity contribution in [2.45, 2.75) is 108 Å². The average Bonchev–Trinajstić information content (AvgIpc) is 3.41. The Hall–Kier alpha value is -5.19. The van der Waals surface area contributed by atoms with Crippen molar-refractivity contribution in [1.82, 2.24) is 25.5 Å². The average molecular weight is 781 g/mol. The molecule has 0 spiro atoms. The number of anilines is 1. The van der Waals surface area contributed by atoms with E-state index >= 15 is 0 Å². The smallest absolute Gasteiger partial charge is 0.413 e. The van der Waals surface area contributed by atoms with E-state index in [0.29, 0.717) is 64.6 Å². The predicted octanol–water partition coefficient (Wildman–Crippen LogP) is 5.49. The molecule has 4 unspecified atom stereocenters. The van der Waals surface area contributed by atoms with Crippen molar-refractivity contribution in [2.75, 3.05) is 26.1 Å². The molecule has 6 rings (SSSR count). The Morgan fingerprint density at radius 1 is 1.00 bits per heavy atom. The number of ether oxygens (including phenoxy) is 4. The molecule has 0 radical (unpaired) electrons. The lowest BCUT2D eigenvalue weighted by molar-refractivity contribution is -0.146. The van der Waals surface area contributed by atoms with Crippen molar-refractivity contribution in [3.63, 3.8) is 0 Å². The molecule has 4 amide bonds. The molecule has 2 aromatic heterocycles. The molecule has 1 aliphatic carbocycles. The van der Waals surface area contributed by atoms with Gasteiger partial charge < -0.3 is 39.6 Å². The number of carbonyl (C=O) groups excluding carboxylic acids is 4. The number of rotatable bonds is 7. The fourth-order valence-corrected chi connectivity index (χ4v) is 7.99. The largest absolute Gasteiger partial charge is 0.497 e. The van der Waals surface area contributed by atoms with Crippen LogP contribution in [-0.4, -0.2) is 100 Å². The first kappa shape index (κ1) is 39.5. The molecule has 4 N–H and O–H groups in total. The van der Waals surface area contributed by atoms with Crippen LogP contribution in [0.1, 0.15) is 78.6 Å². The van der Waals surface area contributed by atoms with E-state index in [1.165, 1.54) is 30.5 Å². The van der Waals surface area contributed by atoms with E-state index in [-0.39, 0.29) is 18.9 Å². The zero-order valence-electron chi connectivity index (χ0n) is 31.6. The summed E-state index contributed by atoms with van der Waals surface area (Å²) in [5.41, 5.74) is -0.801. The first-order valence-corrected chi connectivity index (χ1v) is 19.4. The number of carbonyl (C=O) groups is 5. The molecule has 16 nitrogen and oxygen atoms in total. The molecule has 1 saturated carbocycles. The Balaban J connectivity index is 1.33. The maximum absolute atomic E-state index is 14.5. The Labute approximate surface area is 322 Å². The molecule has 2 saturated heterocycles. The Bertz CT molecular complexity index is 1950. The first-order valence-electron chi connectivity index (χ1n) is 18.5. The minimum absolute atomic E-state index is 0.0217. The number of carboxylic acids is 1. The molecule has 0 bridgehead atoms. The second-order valence-corrected chi connectivity index (χ2v) is 16.1. The second kappa shape index (κ2) is 16.3. The number of hydrogen-bond donors (Lipinski definition) is 4. The van der Waals surface area contributed by atoms with Crippen molar-refractivity contribution in [1.29, 1.82) is 0 Å². The number of alkyl carbamates (subject to hydrolysis) is 1. The van der Waals surface area contributed by atoms with Gasteiger partial charge in [-0.2, -0.15) is 0 Å². The molecular weight excluding hydrogens is 733 g/mol. The Morgan fingerprint density at radius 2 is 1.75 bits per heavy atom. The number of amides is 4. The van der Waals surface area contributed by atoms with E-state index in [2.05, 4.69) is 25.7 Å². The molecule has 1 aromatic carbocycles. The van der Waals surface area contributed by atoms with Gasteiger partial charge in [-0.1, -0.05) is 32.1 Å². The molecule has 4 heterocycles. The molecule has 3 aromatic rings. The van der Waals surface area contributed by atoms with Crippen LogP contribution in [0.3, 0.4) is 0 Å². The number of fused-ring (bicyclic) bond motifs is 3. The number of hydrogen-bond acceptors (Lipinski definition) is 12. The highest BCUT2D eigenvalue weighted by atomic mass is 32.1. The highest BCUT2D eigenvalue weighted by Gasteiger charge is 2.62. The zero-order valence-corrected chi connectivity index (χ0v) is 32.5. The van der Waals surface area contributed by atoms with Crippen molar-refractivity contribution >= 4 is 57.3 Å². The van der Waals surface area contributed by atoms with E-state index in [9.17, 15) is 29.1 Å². The molecule has 17 heteroatoms. The third-order valence-electron chi connectivity index (χ3n) is 10.1. The van der Waals surface area contributed by atoms with Crippen molar-refractivity contribution in [3.8, 4) is 22.9 Å². The van der Waals surface area contributed by atoms with Crippen molar-refractivity contribution < 1.29 is 48.0 Å². The summed E-state index contributed by atoms with van der Waals surface area (Å²) in [6.45, 7) is 5.17. The summed E-state index contributed by atoms with van der Waals surface area (Å²) in [7, 11) is 2.79. The minimum Gasteiger partial charge on any atom is -0.497 e. The van der Waals surface area contributed by atoms with Gasteiger partial charge in [0.2, 0.25) is 11.8 Å². The van der Waals surface area contributed by atoms with Crippen molar-refractivity contribution in [2.24, 2.45) is 5.92 Å².